The smallest absolute Gasteiger partial charge is 0.343 e. The van der Waals surface area contributed by atoms with Crippen molar-refractivity contribution in [2.45, 2.75) is 12.8 Å². The maximum atomic E-state index is 11.5. The monoisotopic (exact) mass is 294 g/mol. The van der Waals surface area contributed by atoms with Crippen LogP contribution in [0.1, 0.15) is 12.2 Å². The van der Waals surface area contributed by atoms with Crippen LogP contribution in [0.3, 0.4) is 0 Å². The number of carbonyl (C=O) groups is 1. The summed E-state index contributed by atoms with van der Waals surface area (Å²) in [6.07, 6.45) is 3.16. The van der Waals surface area contributed by atoms with E-state index in [2.05, 4.69) is 10.8 Å². The van der Waals surface area contributed by atoms with Gasteiger partial charge in [0.15, 0.2) is 0 Å². The van der Waals surface area contributed by atoms with E-state index < -0.39 is 6.03 Å². The van der Waals surface area contributed by atoms with Crippen LogP contribution in [0.2, 0.25) is 5.02 Å². The number of hydrogen-bond donors (Lipinski definition) is 2. The molecule has 1 heterocycles. The minimum Gasteiger partial charge on any atom is -0.469 e. The topological polar surface area (TPSA) is 63.5 Å². The summed E-state index contributed by atoms with van der Waals surface area (Å²) < 4.78 is 5.18. The zero-order chi connectivity index (χ0) is 14.2. The molecular formula is C14H15ClN2O3. The molecule has 1 aromatic heterocycles. The van der Waals surface area contributed by atoms with Crippen molar-refractivity contribution in [2.24, 2.45) is 0 Å². The van der Waals surface area contributed by atoms with Crippen molar-refractivity contribution in [1.82, 2.24) is 5.48 Å². The predicted molar refractivity (Wildman–Crippen MR) is 76.6 cm³/mol. The number of urea groups is 1. The standard InChI is InChI=1S/C14H15ClN2O3/c15-11-5-7-12(8-6-11)16-14(18)17-20-10-2-4-13-3-1-9-19-13/h1,3,5-9H,2,4,10H2,(H2,16,17,18). The molecule has 0 bridgehead atoms. The quantitative estimate of drug-likeness (QED) is 0.632. The molecule has 2 rings (SSSR count). The molecule has 0 aliphatic rings. The molecule has 0 saturated heterocycles. The fourth-order valence-electron chi connectivity index (χ4n) is 1.58. The van der Waals surface area contributed by atoms with E-state index in [4.69, 9.17) is 20.9 Å². The van der Waals surface area contributed by atoms with Gasteiger partial charge in [0.25, 0.3) is 0 Å². The van der Waals surface area contributed by atoms with Crippen LogP contribution in [0, 0.1) is 0 Å². The molecule has 2 N–H and O–H groups in total. The van der Waals surface area contributed by atoms with Gasteiger partial charge in [-0.25, -0.2) is 10.3 Å². The van der Waals surface area contributed by atoms with E-state index in [-0.39, 0.29) is 0 Å². The molecule has 2 amide bonds. The Morgan fingerprint density at radius 2 is 2.05 bits per heavy atom. The van der Waals surface area contributed by atoms with Crippen LogP contribution >= 0.6 is 11.6 Å². The molecule has 0 spiro atoms. The summed E-state index contributed by atoms with van der Waals surface area (Å²) in [6.45, 7) is 0.411. The van der Waals surface area contributed by atoms with Gasteiger partial charge in [-0.15, -0.1) is 0 Å². The summed E-state index contributed by atoms with van der Waals surface area (Å²) in [4.78, 5) is 16.6. The largest absolute Gasteiger partial charge is 0.469 e. The average Bonchev–Trinajstić information content (AvgIpc) is 2.94. The second-order valence-electron chi connectivity index (χ2n) is 4.09. The Morgan fingerprint density at radius 3 is 2.75 bits per heavy atom. The van der Waals surface area contributed by atoms with Gasteiger partial charge in [0.2, 0.25) is 0 Å². The number of furan rings is 1. The summed E-state index contributed by atoms with van der Waals surface area (Å²) in [7, 11) is 0. The molecule has 6 heteroatoms. The number of benzene rings is 1. The molecule has 0 atom stereocenters. The van der Waals surface area contributed by atoms with E-state index in [0.29, 0.717) is 17.3 Å². The first-order valence-electron chi connectivity index (χ1n) is 6.21. The Labute approximate surface area is 121 Å². The Kier molecular flexibility index (Phi) is 5.46. The summed E-state index contributed by atoms with van der Waals surface area (Å²) in [5, 5.41) is 3.24. The summed E-state index contributed by atoms with van der Waals surface area (Å²) in [6, 6.07) is 10.1. The van der Waals surface area contributed by atoms with Gasteiger partial charge in [0.1, 0.15) is 5.76 Å². The Balaban J connectivity index is 1.59. The molecule has 0 unspecified atom stereocenters. The molecular weight excluding hydrogens is 280 g/mol. The fourth-order valence-corrected chi connectivity index (χ4v) is 1.71. The van der Waals surface area contributed by atoms with Gasteiger partial charge in [0, 0.05) is 17.1 Å². The van der Waals surface area contributed by atoms with E-state index >= 15 is 0 Å². The minimum atomic E-state index is -0.426. The number of hydroxylamine groups is 1. The lowest BCUT2D eigenvalue weighted by molar-refractivity contribution is 0.0639. The van der Waals surface area contributed by atoms with Crippen LogP contribution in [-0.2, 0) is 11.3 Å². The Hall–Kier alpha value is -1.98. The van der Waals surface area contributed by atoms with Gasteiger partial charge >= 0.3 is 6.03 Å². The van der Waals surface area contributed by atoms with Crippen molar-refractivity contribution >= 4 is 23.3 Å². The molecule has 20 heavy (non-hydrogen) atoms. The number of amides is 2. The van der Waals surface area contributed by atoms with E-state index in [9.17, 15) is 4.79 Å². The number of aryl methyl sites for hydroxylation is 1. The first-order valence-corrected chi connectivity index (χ1v) is 6.58. The fraction of sp³-hybridized carbons (Fsp3) is 0.214. The molecule has 2 aromatic rings. The van der Waals surface area contributed by atoms with Gasteiger partial charge in [-0.1, -0.05) is 11.6 Å². The highest BCUT2D eigenvalue weighted by atomic mass is 35.5. The maximum absolute atomic E-state index is 11.5. The third-order valence-corrected chi connectivity index (χ3v) is 2.77. The van der Waals surface area contributed by atoms with Crippen LogP contribution in [0.5, 0.6) is 0 Å². The second-order valence-corrected chi connectivity index (χ2v) is 4.53. The summed E-state index contributed by atoms with van der Waals surface area (Å²) in [5.74, 6) is 0.902. The van der Waals surface area contributed by atoms with Gasteiger partial charge in [-0.2, -0.15) is 0 Å². The number of hydrogen-bond acceptors (Lipinski definition) is 3. The Bertz CT molecular complexity index is 526. The highest BCUT2D eigenvalue weighted by Gasteiger charge is 2.01. The van der Waals surface area contributed by atoms with Gasteiger partial charge in [-0.3, -0.25) is 4.84 Å². The van der Waals surface area contributed by atoms with E-state index in [1.165, 1.54) is 0 Å². The second kappa shape index (κ2) is 7.57. The molecule has 5 nitrogen and oxygen atoms in total. The van der Waals surface area contributed by atoms with Crippen molar-refractivity contribution in [3.05, 3.63) is 53.4 Å². The van der Waals surface area contributed by atoms with Crippen LogP contribution < -0.4 is 10.8 Å². The Morgan fingerprint density at radius 1 is 1.25 bits per heavy atom. The lowest BCUT2D eigenvalue weighted by Gasteiger charge is -2.07. The first kappa shape index (κ1) is 14.4. The van der Waals surface area contributed by atoms with Crippen LogP contribution in [0.4, 0.5) is 10.5 Å². The SMILES string of the molecule is O=C(NOCCCc1ccco1)Nc1ccc(Cl)cc1. The van der Waals surface area contributed by atoms with Gasteiger partial charge in [0.05, 0.1) is 12.9 Å². The van der Waals surface area contributed by atoms with Crippen molar-refractivity contribution in [3.63, 3.8) is 0 Å². The maximum Gasteiger partial charge on any atom is 0.343 e. The number of rotatable bonds is 6. The number of anilines is 1. The van der Waals surface area contributed by atoms with Crippen molar-refractivity contribution < 1.29 is 14.0 Å². The average molecular weight is 295 g/mol. The van der Waals surface area contributed by atoms with Gasteiger partial charge < -0.3 is 9.73 Å². The molecule has 0 fully saturated rings. The van der Waals surface area contributed by atoms with E-state index in [1.807, 2.05) is 12.1 Å². The first-order chi connectivity index (χ1) is 9.74. The number of nitrogens with one attached hydrogen (secondary N) is 2. The van der Waals surface area contributed by atoms with E-state index in [0.717, 1.165) is 18.6 Å². The highest BCUT2D eigenvalue weighted by Crippen LogP contribution is 2.13. The van der Waals surface area contributed by atoms with Crippen molar-refractivity contribution in [2.75, 3.05) is 11.9 Å². The molecule has 0 radical (unpaired) electrons. The zero-order valence-electron chi connectivity index (χ0n) is 10.8. The zero-order valence-corrected chi connectivity index (χ0v) is 11.5. The van der Waals surface area contributed by atoms with Crippen LogP contribution in [0.25, 0.3) is 0 Å². The third kappa shape index (κ3) is 4.95. The number of halogens is 1. The molecule has 106 valence electrons. The van der Waals surface area contributed by atoms with E-state index in [1.54, 1.807) is 30.5 Å². The van der Waals surface area contributed by atoms with Crippen molar-refractivity contribution in [1.29, 1.82) is 0 Å². The van der Waals surface area contributed by atoms with Crippen LogP contribution in [-0.4, -0.2) is 12.6 Å². The summed E-state index contributed by atoms with van der Waals surface area (Å²) >= 11 is 5.75. The molecule has 0 aliphatic heterocycles. The lowest BCUT2D eigenvalue weighted by atomic mass is 10.3. The normalized spacial score (nSPS) is 10.2. The van der Waals surface area contributed by atoms with Crippen LogP contribution in [0.15, 0.2) is 47.1 Å². The lowest BCUT2D eigenvalue weighted by Crippen LogP contribution is -2.29. The highest BCUT2D eigenvalue weighted by molar-refractivity contribution is 6.30. The molecule has 1 aromatic carbocycles. The minimum absolute atomic E-state index is 0.411. The molecule has 0 aliphatic carbocycles. The number of carbonyl (C=O) groups excluding carboxylic acids is 1. The van der Waals surface area contributed by atoms with Crippen molar-refractivity contribution in [3.8, 4) is 0 Å². The third-order valence-electron chi connectivity index (χ3n) is 2.52. The summed E-state index contributed by atoms with van der Waals surface area (Å²) in [5.41, 5.74) is 2.96. The molecule has 0 saturated carbocycles. The van der Waals surface area contributed by atoms with Gasteiger partial charge in [-0.05, 0) is 42.8 Å². The predicted octanol–water partition coefficient (Wildman–Crippen LogP) is 3.62.